The molecule has 1 unspecified atom stereocenters. The number of benzene rings is 1. The van der Waals surface area contributed by atoms with Crippen LogP contribution in [0.4, 0.5) is 10.5 Å². The Balaban J connectivity index is 1.85. The number of rotatable bonds is 5. The molecular weight excluding hydrogens is 340 g/mol. The van der Waals surface area contributed by atoms with Gasteiger partial charge in [0.25, 0.3) is 0 Å². The molecule has 21 heavy (non-hydrogen) atoms. The molecule has 1 aliphatic heterocycles. The molecule has 1 aromatic carbocycles. The van der Waals surface area contributed by atoms with Crippen LogP contribution in [0.3, 0.4) is 0 Å². The summed E-state index contributed by atoms with van der Waals surface area (Å²) in [6, 6.07) is 4.28. The molecule has 6 nitrogen and oxygen atoms in total. The first-order chi connectivity index (χ1) is 10.1. The summed E-state index contributed by atoms with van der Waals surface area (Å²) < 4.78 is 5.91. The van der Waals surface area contributed by atoms with E-state index in [1.165, 1.54) is 6.07 Å². The van der Waals surface area contributed by atoms with Crippen LogP contribution >= 0.6 is 15.9 Å². The van der Waals surface area contributed by atoms with Crippen molar-refractivity contribution in [3.8, 4) is 0 Å². The molecule has 114 valence electrons. The van der Waals surface area contributed by atoms with Crippen LogP contribution in [0.25, 0.3) is 0 Å². The Morgan fingerprint density at radius 3 is 2.90 bits per heavy atom. The number of urea groups is 1. The highest BCUT2D eigenvalue weighted by Crippen LogP contribution is 2.21. The Hall–Kier alpha value is -1.60. The lowest BCUT2D eigenvalue weighted by Gasteiger charge is -2.11. The largest absolute Gasteiger partial charge is 0.478 e. The summed E-state index contributed by atoms with van der Waals surface area (Å²) in [7, 11) is 0. The minimum absolute atomic E-state index is 0.0451. The van der Waals surface area contributed by atoms with Crippen molar-refractivity contribution in [3.05, 3.63) is 28.2 Å². The lowest BCUT2D eigenvalue weighted by atomic mass is 10.1. The molecule has 1 aromatic rings. The van der Waals surface area contributed by atoms with Crippen LogP contribution in [0.1, 0.15) is 23.2 Å². The summed E-state index contributed by atoms with van der Waals surface area (Å²) in [4.78, 5) is 22.9. The number of hydrogen-bond acceptors (Lipinski definition) is 3. The topological polar surface area (TPSA) is 87.7 Å². The molecule has 1 atom stereocenters. The third-order valence-electron chi connectivity index (χ3n) is 3.32. The van der Waals surface area contributed by atoms with Crippen molar-refractivity contribution in [3.63, 3.8) is 0 Å². The van der Waals surface area contributed by atoms with Crippen LogP contribution < -0.4 is 10.6 Å². The highest BCUT2D eigenvalue weighted by atomic mass is 79.9. The summed E-state index contributed by atoms with van der Waals surface area (Å²) in [5.74, 6) is -0.595. The Bertz CT molecular complexity index is 530. The Labute approximate surface area is 131 Å². The number of hydrogen-bond donors (Lipinski definition) is 3. The highest BCUT2D eigenvalue weighted by molar-refractivity contribution is 9.10. The number of carboxylic acids is 1. The van der Waals surface area contributed by atoms with Gasteiger partial charge in [-0.1, -0.05) is 15.9 Å². The first-order valence-corrected chi connectivity index (χ1v) is 7.51. The maximum absolute atomic E-state index is 11.8. The van der Waals surface area contributed by atoms with Gasteiger partial charge in [-0.15, -0.1) is 0 Å². The number of carboxylic acid groups (broad SMARTS) is 1. The molecule has 1 aliphatic rings. The fourth-order valence-electron chi connectivity index (χ4n) is 2.17. The number of carbonyl (C=O) groups is 2. The molecule has 3 N–H and O–H groups in total. The highest BCUT2D eigenvalue weighted by Gasteiger charge is 2.16. The molecule has 1 heterocycles. The van der Waals surface area contributed by atoms with Gasteiger partial charge in [0.05, 0.1) is 11.3 Å². The zero-order chi connectivity index (χ0) is 15.2. The number of carbonyl (C=O) groups excluding carboxylic acids is 1. The van der Waals surface area contributed by atoms with Crippen LogP contribution in [0, 0.1) is 5.92 Å². The monoisotopic (exact) mass is 356 g/mol. The quantitative estimate of drug-likeness (QED) is 0.756. The first-order valence-electron chi connectivity index (χ1n) is 6.71. The zero-order valence-corrected chi connectivity index (χ0v) is 13.0. The van der Waals surface area contributed by atoms with Gasteiger partial charge in [-0.3, -0.25) is 0 Å². The van der Waals surface area contributed by atoms with E-state index in [1.807, 2.05) is 0 Å². The van der Waals surface area contributed by atoms with Gasteiger partial charge in [0, 0.05) is 24.2 Å². The van der Waals surface area contributed by atoms with Gasteiger partial charge in [-0.2, -0.15) is 0 Å². The minimum atomic E-state index is -1.09. The third kappa shape index (κ3) is 4.71. The number of halogens is 1. The van der Waals surface area contributed by atoms with E-state index < -0.39 is 12.0 Å². The van der Waals surface area contributed by atoms with Crippen molar-refractivity contribution in [1.29, 1.82) is 0 Å². The van der Waals surface area contributed by atoms with Gasteiger partial charge in [0.2, 0.25) is 0 Å². The molecule has 1 fully saturated rings. The standard InChI is InChI=1S/C14H17BrN2O4/c15-10-1-2-12(11(7-10)13(18)19)17-14(20)16-5-3-9-4-6-21-8-9/h1-2,7,9H,3-6,8H2,(H,18,19)(H2,16,17,20). The van der Waals surface area contributed by atoms with Gasteiger partial charge in [-0.05, 0) is 37.0 Å². The van der Waals surface area contributed by atoms with E-state index in [1.54, 1.807) is 12.1 Å². The zero-order valence-electron chi connectivity index (χ0n) is 11.4. The van der Waals surface area contributed by atoms with Gasteiger partial charge in [0.1, 0.15) is 0 Å². The molecule has 0 aromatic heterocycles. The van der Waals surface area contributed by atoms with Gasteiger partial charge >= 0.3 is 12.0 Å². The Morgan fingerprint density at radius 1 is 1.43 bits per heavy atom. The summed E-state index contributed by atoms with van der Waals surface area (Å²) >= 11 is 3.21. The SMILES string of the molecule is O=C(NCCC1CCOC1)Nc1ccc(Br)cc1C(=O)O. The minimum Gasteiger partial charge on any atom is -0.478 e. The second-order valence-corrected chi connectivity index (χ2v) is 5.81. The first kappa shape index (κ1) is 15.8. The molecule has 0 aliphatic carbocycles. The smallest absolute Gasteiger partial charge is 0.337 e. The van der Waals surface area contributed by atoms with Crippen molar-refractivity contribution in [1.82, 2.24) is 5.32 Å². The van der Waals surface area contributed by atoms with Crippen LogP contribution in [-0.2, 0) is 4.74 Å². The van der Waals surface area contributed by atoms with Crippen molar-refractivity contribution in [2.45, 2.75) is 12.8 Å². The number of ether oxygens (including phenoxy) is 1. The molecule has 0 bridgehead atoms. The van der Waals surface area contributed by atoms with Gasteiger partial charge in [0.15, 0.2) is 0 Å². The van der Waals surface area contributed by atoms with E-state index in [9.17, 15) is 9.59 Å². The second-order valence-electron chi connectivity index (χ2n) is 4.89. The molecule has 2 amide bonds. The lowest BCUT2D eigenvalue weighted by Crippen LogP contribution is -2.31. The second kappa shape index (κ2) is 7.42. The molecule has 7 heteroatoms. The van der Waals surface area contributed by atoms with E-state index in [4.69, 9.17) is 9.84 Å². The van der Waals surface area contributed by atoms with Crippen molar-refractivity contribution < 1.29 is 19.4 Å². The maximum Gasteiger partial charge on any atom is 0.337 e. The number of anilines is 1. The lowest BCUT2D eigenvalue weighted by molar-refractivity contribution is 0.0698. The normalized spacial score (nSPS) is 17.5. The van der Waals surface area contributed by atoms with Crippen LogP contribution in [-0.4, -0.2) is 36.9 Å². The molecule has 0 radical (unpaired) electrons. The molecule has 0 spiro atoms. The predicted molar refractivity (Wildman–Crippen MR) is 81.7 cm³/mol. The van der Waals surface area contributed by atoms with E-state index >= 15 is 0 Å². The fourth-order valence-corrected chi connectivity index (χ4v) is 2.53. The fraction of sp³-hybridized carbons (Fsp3) is 0.429. The maximum atomic E-state index is 11.8. The van der Waals surface area contributed by atoms with E-state index in [-0.39, 0.29) is 11.3 Å². The van der Waals surface area contributed by atoms with E-state index in [0.717, 1.165) is 26.1 Å². The van der Waals surface area contributed by atoms with E-state index in [2.05, 4.69) is 26.6 Å². The summed E-state index contributed by atoms with van der Waals surface area (Å²) in [6.45, 7) is 2.08. The van der Waals surface area contributed by atoms with Crippen LogP contribution in [0.5, 0.6) is 0 Å². The molecule has 0 saturated carbocycles. The Morgan fingerprint density at radius 2 is 2.24 bits per heavy atom. The third-order valence-corrected chi connectivity index (χ3v) is 3.82. The van der Waals surface area contributed by atoms with Crippen molar-refractivity contribution >= 4 is 33.6 Å². The summed E-state index contributed by atoms with van der Waals surface area (Å²) in [5, 5.41) is 14.4. The number of nitrogens with one attached hydrogen (secondary N) is 2. The van der Waals surface area contributed by atoms with Crippen LogP contribution in [0.2, 0.25) is 0 Å². The summed E-state index contributed by atoms with van der Waals surface area (Å²) in [5.41, 5.74) is 0.316. The van der Waals surface area contributed by atoms with E-state index in [0.29, 0.717) is 16.9 Å². The van der Waals surface area contributed by atoms with Crippen molar-refractivity contribution in [2.75, 3.05) is 25.1 Å². The van der Waals surface area contributed by atoms with Crippen molar-refractivity contribution in [2.24, 2.45) is 5.92 Å². The molecular formula is C14H17BrN2O4. The Kier molecular flexibility index (Phi) is 5.58. The average Bonchev–Trinajstić information content (AvgIpc) is 2.94. The summed E-state index contributed by atoms with van der Waals surface area (Å²) in [6.07, 6.45) is 1.89. The number of aromatic carboxylic acids is 1. The predicted octanol–water partition coefficient (Wildman–Crippen LogP) is 2.70. The number of amides is 2. The van der Waals surface area contributed by atoms with Crippen LogP contribution in [0.15, 0.2) is 22.7 Å². The van der Waals surface area contributed by atoms with Gasteiger partial charge < -0.3 is 20.5 Å². The molecule has 1 saturated heterocycles. The molecule has 2 rings (SSSR count). The van der Waals surface area contributed by atoms with Gasteiger partial charge in [-0.25, -0.2) is 9.59 Å². The average molecular weight is 357 g/mol.